The number of alkyl halides is 2. The van der Waals surface area contributed by atoms with Gasteiger partial charge < -0.3 is 14.6 Å². The van der Waals surface area contributed by atoms with E-state index in [1.54, 1.807) is 12.1 Å². The van der Waals surface area contributed by atoms with Crippen molar-refractivity contribution >= 4 is 21.8 Å². The van der Waals surface area contributed by atoms with Crippen molar-refractivity contribution in [2.45, 2.75) is 45.8 Å². The summed E-state index contributed by atoms with van der Waals surface area (Å²) in [7, 11) is 0. The Hall–Kier alpha value is -2.03. The Morgan fingerprint density at radius 1 is 1.40 bits per heavy atom. The van der Waals surface area contributed by atoms with E-state index >= 15 is 0 Å². The number of hydrogen-bond donors (Lipinski definition) is 1. The fourth-order valence-electron chi connectivity index (χ4n) is 2.12. The third-order valence-corrected chi connectivity index (χ3v) is 3.76. The van der Waals surface area contributed by atoms with Gasteiger partial charge >= 0.3 is 6.61 Å². The van der Waals surface area contributed by atoms with Crippen LogP contribution >= 0.6 is 15.9 Å². The fourth-order valence-corrected chi connectivity index (χ4v) is 2.53. The highest BCUT2D eigenvalue weighted by atomic mass is 79.9. The summed E-state index contributed by atoms with van der Waals surface area (Å²) in [4.78, 5) is 16.1. The van der Waals surface area contributed by atoms with Crippen molar-refractivity contribution < 1.29 is 22.8 Å². The number of hydrogen-bond acceptors (Lipinski definition) is 5. The number of aromatic nitrogens is 2. The van der Waals surface area contributed by atoms with Crippen LogP contribution in [0.1, 0.15) is 37.0 Å². The molecule has 1 heterocycles. The molecule has 1 N–H and O–H groups in total. The number of halogens is 3. The molecule has 1 aromatic heterocycles. The molecule has 0 saturated carbocycles. The second-order valence-corrected chi connectivity index (χ2v) is 6.18. The van der Waals surface area contributed by atoms with Crippen LogP contribution in [0.2, 0.25) is 0 Å². The molecule has 136 valence electrons. The van der Waals surface area contributed by atoms with E-state index in [9.17, 15) is 13.6 Å². The van der Waals surface area contributed by atoms with Crippen LogP contribution in [-0.2, 0) is 24.2 Å². The third-order valence-electron chi connectivity index (χ3n) is 3.26. The smallest absolute Gasteiger partial charge is 0.387 e. The van der Waals surface area contributed by atoms with E-state index in [-0.39, 0.29) is 24.6 Å². The first-order chi connectivity index (χ1) is 12.0. The summed E-state index contributed by atoms with van der Waals surface area (Å²) in [6, 6.07) is 4.63. The van der Waals surface area contributed by atoms with Crippen molar-refractivity contribution in [2.24, 2.45) is 0 Å². The van der Waals surface area contributed by atoms with Crippen LogP contribution in [0, 0.1) is 0 Å². The number of rotatable bonds is 9. The van der Waals surface area contributed by atoms with E-state index in [0.717, 1.165) is 12.8 Å². The molecule has 1 amide bonds. The number of aryl methyl sites for hydroxylation is 2. The zero-order valence-corrected chi connectivity index (χ0v) is 15.2. The first kappa shape index (κ1) is 19.3. The maximum atomic E-state index is 12.4. The first-order valence-electron chi connectivity index (χ1n) is 7.79. The number of nitrogens with one attached hydrogen (secondary N) is 1. The van der Waals surface area contributed by atoms with Gasteiger partial charge in [-0.25, -0.2) is 0 Å². The van der Waals surface area contributed by atoms with Gasteiger partial charge in [-0.15, -0.1) is 0 Å². The molecular weight excluding hydrogens is 400 g/mol. The highest BCUT2D eigenvalue weighted by Crippen LogP contribution is 2.24. The van der Waals surface area contributed by atoms with Gasteiger partial charge in [-0.1, -0.05) is 28.0 Å². The number of carbonyl (C=O) groups excluding carboxylic acids is 1. The molecule has 0 saturated heterocycles. The van der Waals surface area contributed by atoms with Gasteiger partial charge in [0.2, 0.25) is 11.8 Å². The van der Waals surface area contributed by atoms with Gasteiger partial charge in [-0.2, -0.15) is 13.8 Å². The molecule has 0 fully saturated rings. The fraction of sp³-hybridized carbons (Fsp3) is 0.438. The molecule has 0 aliphatic heterocycles. The lowest BCUT2D eigenvalue weighted by Gasteiger charge is -2.12. The lowest BCUT2D eigenvalue weighted by molar-refractivity contribution is -0.121. The van der Waals surface area contributed by atoms with E-state index < -0.39 is 6.61 Å². The molecule has 6 nitrogen and oxygen atoms in total. The second kappa shape index (κ2) is 9.45. The highest BCUT2D eigenvalue weighted by molar-refractivity contribution is 9.10. The molecular formula is C16H18BrF2N3O3. The van der Waals surface area contributed by atoms with Crippen molar-refractivity contribution in [1.29, 1.82) is 0 Å². The maximum absolute atomic E-state index is 12.4. The average Bonchev–Trinajstić information content (AvgIpc) is 3.00. The van der Waals surface area contributed by atoms with Crippen LogP contribution in [-0.4, -0.2) is 22.7 Å². The first-order valence-corrected chi connectivity index (χ1v) is 8.58. The normalized spacial score (nSPS) is 10.9. The summed E-state index contributed by atoms with van der Waals surface area (Å²) in [5.41, 5.74) is 0.450. The predicted octanol–water partition coefficient (Wildman–Crippen LogP) is 3.64. The van der Waals surface area contributed by atoms with E-state index in [1.165, 1.54) is 6.07 Å². The van der Waals surface area contributed by atoms with E-state index in [0.29, 0.717) is 28.2 Å². The van der Waals surface area contributed by atoms with Crippen LogP contribution in [0.5, 0.6) is 5.75 Å². The van der Waals surface area contributed by atoms with Gasteiger partial charge in [0.15, 0.2) is 5.82 Å². The summed E-state index contributed by atoms with van der Waals surface area (Å²) in [5, 5.41) is 6.48. The molecule has 9 heteroatoms. The summed E-state index contributed by atoms with van der Waals surface area (Å²) in [5.74, 6) is 0.807. The minimum Gasteiger partial charge on any atom is -0.434 e. The molecule has 1 aromatic carbocycles. The van der Waals surface area contributed by atoms with E-state index in [4.69, 9.17) is 4.52 Å². The van der Waals surface area contributed by atoms with Gasteiger partial charge in [0.05, 0.1) is 0 Å². The van der Waals surface area contributed by atoms with Crippen LogP contribution < -0.4 is 10.1 Å². The lowest BCUT2D eigenvalue weighted by Crippen LogP contribution is -2.23. The van der Waals surface area contributed by atoms with Gasteiger partial charge in [0.1, 0.15) is 5.75 Å². The Morgan fingerprint density at radius 3 is 2.92 bits per heavy atom. The average molecular weight is 418 g/mol. The van der Waals surface area contributed by atoms with Crippen molar-refractivity contribution in [2.75, 3.05) is 0 Å². The van der Waals surface area contributed by atoms with Gasteiger partial charge in [0, 0.05) is 35.8 Å². The quantitative estimate of drug-likeness (QED) is 0.673. The molecule has 25 heavy (non-hydrogen) atoms. The van der Waals surface area contributed by atoms with E-state index in [1.807, 2.05) is 6.92 Å². The van der Waals surface area contributed by atoms with Crippen LogP contribution in [0.25, 0.3) is 0 Å². The minimum absolute atomic E-state index is 0.0274. The summed E-state index contributed by atoms with van der Waals surface area (Å²) in [6.07, 6.45) is 2.12. The lowest BCUT2D eigenvalue weighted by atomic mass is 10.2. The van der Waals surface area contributed by atoms with Crippen molar-refractivity contribution in [3.63, 3.8) is 0 Å². The Morgan fingerprint density at radius 2 is 2.20 bits per heavy atom. The molecule has 0 spiro atoms. The second-order valence-electron chi connectivity index (χ2n) is 5.26. The number of ether oxygens (including phenoxy) is 1. The summed E-state index contributed by atoms with van der Waals surface area (Å²) < 4.78 is 35.1. The summed E-state index contributed by atoms with van der Waals surface area (Å²) >= 11 is 3.26. The molecule has 2 rings (SSSR count). The zero-order chi connectivity index (χ0) is 18.2. The summed E-state index contributed by atoms with van der Waals surface area (Å²) in [6.45, 7) is -0.840. The minimum atomic E-state index is -2.93. The molecule has 0 radical (unpaired) electrons. The Labute approximate surface area is 152 Å². The SMILES string of the molecule is CCCc1noc(CCC(=O)NCc2cc(Br)ccc2OC(F)F)n1. The standard InChI is InChI=1S/C16H18BrF2N3O3/c1-2-3-13-21-15(25-22-13)7-6-14(23)20-9-10-8-11(17)4-5-12(10)24-16(18)19/h4-5,8,16H,2-3,6-7,9H2,1H3,(H,20,23). The van der Waals surface area contributed by atoms with Crippen molar-refractivity contribution in [1.82, 2.24) is 15.5 Å². The van der Waals surface area contributed by atoms with Crippen LogP contribution in [0.3, 0.4) is 0 Å². The molecule has 0 atom stereocenters. The third kappa shape index (κ3) is 6.41. The Kier molecular flexibility index (Phi) is 7.30. The molecule has 2 aromatic rings. The number of amides is 1. The van der Waals surface area contributed by atoms with Crippen LogP contribution in [0.4, 0.5) is 8.78 Å². The number of benzene rings is 1. The molecule has 0 aliphatic carbocycles. The number of nitrogens with zero attached hydrogens (tertiary/aromatic N) is 2. The highest BCUT2D eigenvalue weighted by Gasteiger charge is 2.12. The molecule has 0 aliphatic rings. The largest absolute Gasteiger partial charge is 0.434 e. The van der Waals surface area contributed by atoms with Gasteiger partial charge in [0.25, 0.3) is 0 Å². The number of carbonyl (C=O) groups is 1. The monoisotopic (exact) mass is 417 g/mol. The predicted molar refractivity (Wildman–Crippen MR) is 89.2 cm³/mol. The molecule has 0 unspecified atom stereocenters. The van der Waals surface area contributed by atoms with Gasteiger partial charge in [-0.05, 0) is 24.6 Å². The van der Waals surface area contributed by atoms with Crippen LogP contribution in [0.15, 0.2) is 27.2 Å². The van der Waals surface area contributed by atoms with Gasteiger partial charge in [-0.3, -0.25) is 4.79 Å². The maximum Gasteiger partial charge on any atom is 0.387 e. The van der Waals surface area contributed by atoms with Crippen molar-refractivity contribution in [3.8, 4) is 5.75 Å². The molecule has 0 bridgehead atoms. The Bertz CT molecular complexity index is 710. The van der Waals surface area contributed by atoms with Crippen molar-refractivity contribution in [3.05, 3.63) is 40.0 Å². The Balaban J connectivity index is 1.85. The van der Waals surface area contributed by atoms with E-state index in [2.05, 4.69) is 36.1 Å². The zero-order valence-electron chi connectivity index (χ0n) is 13.6. The topological polar surface area (TPSA) is 77.2 Å².